The molecule has 3 heteroatoms. The van der Waals surface area contributed by atoms with Crippen LogP contribution in [0.15, 0.2) is 60.0 Å². The molecule has 108 valence electrons. The lowest BCUT2D eigenvalue weighted by atomic mass is 10.1. The topological polar surface area (TPSA) is 33.0 Å². The molecule has 0 N–H and O–H groups in total. The Balaban J connectivity index is 1.82. The summed E-state index contributed by atoms with van der Waals surface area (Å²) in [5, 5.41) is 12.1. The number of rotatable bonds is 4. The van der Waals surface area contributed by atoms with E-state index < -0.39 is 0 Å². The maximum atomic E-state index is 9.46. The van der Waals surface area contributed by atoms with Gasteiger partial charge in [0.1, 0.15) is 18.2 Å². The third-order valence-corrected chi connectivity index (χ3v) is 4.33. The van der Waals surface area contributed by atoms with Crippen LogP contribution in [0.2, 0.25) is 0 Å². The van der Waals surface area contributed by atoms with Gasteiger partial charge in [-0.25, -0.2) is 0 Å². The van der Waals surface area contributed by atoms with E-state index in [9.17, 15) is 5.26 Å². The number of nitrogens with zero attached hydrogens (tertiary/aromatic N) is 1. The maximum Gasteiger partial charge on any atom is 0.192 e. The Morgan fingerprint density at radius 3 is 2.45 bits per heavy atom. The highest BCUT2D eigenvalue weighted by Gasteiger charge is 2.14. The van der Waals surface area contributed by atoms with Gasteiger partial charge in [0, 0.05) is 10.9 Å². The summed E-state index contributed by atoms with van der Waals surface area (Å²) in [6.45, 7) is 2.54. The third-order valence-electron chi connectivity index (χ3n) is 3.44. The minimum absolute atomic E-state index is 0.476. The zero-order valence-electron chi connectivity index (χ0n) is 12.2. The summed E-state index contributed by atoms with van der Waals surface area (Å²) in [6.07, 6.45) is 0. The first-order chi connectivity index (χ1) is 10.8. The van der Waals surface area contributed by atoms with Crippen molar-refractivity contribution in [3.8, 4) is 22.3 Å². The van der Waals surface area contributed by atoms with E-state index in [0.717, 1.165) is 16.7 Å². The maximum absolute atomic E-state index is 9.46. The van der Waals surface area contributed by atoms with E-state index in [1.165, 1.54) is 16.9 Å². The Labute approximate surface area is 134 Å². The number of ether oxygens (including phenoxy) is 1. The van der Waals surface area contributed by atoms with Gasteiger partial charge in [-0.1, -0.05) is 60.2 Å². The van der Waals surface area contributed by atoms with E-state index >= 15 is 0 Å². The van der Waals surface area contributed by atoms with Gasteiger partial charge < -0.3 is 4.74 Å². The second-order valence-electron chi connectivity index (χ2n) is 5.06. The van der Waals surface area contributed by atoms with Crippen molar-refractivity contribution < 1.29 is 4.74 Å². The minimum Gasteiger partial charge on any atom is -0.478 e. The molecule has 22 heavy (non-hydrogen) atoms. The molecule has 3 rings (SSSR count). The molecular formula is C19H15NOS. The van der Waals surface area contributed by atoms with E-state index in [1.54, 1.807) is 0 Å². The van der Waals surface area contributed by atoms with Crippen molar-refractivity contribution in [2.24, 2.45) is 0 Å². The standard InChI is InChI=1S/C19H15NOS/c1-14-7-9-15(10-8-14)12-21-19-17(11-20)18(13-22-19)16-5-3-2-4-6-16/h2-10,13H,12H2,1H3. The number of nitriles is 1. The SMILES string of the molecule is Cc1ccc(COc2scc(-c3ccccc3)c2C#N)cc1. The van der Waals surface area contributed by atoms with Gasteiger partial charge in [-0.05, 0) is 18.1 Å². The van der Waals surface area contributed by atoms with Crippen LogP contribution in [0, 0.1) is 18.3 Å². The average molecular weight is 305 g/mol. The van der Waals surface area contributed by atoms with Gasteiger partial charge in [0.25, 0.3) is 0 Å². The summed E-state index contributed by atoms with van der Waals surface area (Å²) in [5.74, 6) is 0. The molecule has 0 fully saturated rings. The van der Waals surface area contributed by atoms with Crippen LogP contribution in [0.3, 0.4) is 0 Å². The zero-order chi connectivity index (χ0) is 15.4. The molecule has 2 nitrogen and oxygen atoms in total. The molecule has 0 amide bonds. The molecule has 0 aliphatic carbocycles. The van der Waals surface area contributed by atoms with Crippen molar-refractivity contribution in [2.45, 2.75) is 13.5 Å². The van der Waals surface area contributed by atoms with Crippen LogP contribution in [0.4, 0.5) is 0 Å². The predicted octanol–water partition coefficient (Wildman–Crippen LogP) is 5.17. The summed E-state index contributed by atoms with van der Waals surface area (Å²) in [4.78, 5) is 0. The Kier molecular flexibility index (Phi) is 4.22. The summed E-state index contributed by atoms with van der Waals surface area (Å²) >= 11 is 1.47. The number of aryl methyl sites for hydroxylation is 1. The van der Waals surface area contributed by atoms with Crippen LogP contribution in [-0.4, -0.2) is 0 Å². The van der Waals surface area contributed by atoms with Gasteiger partial charge in [0.15, 0.2) is 5.06 Å². The lowest BCUT2D eigenvalue weighted by Gasteiger charge is -2.05. The van der Waals surface area contributed by atoms with Crippen LogP contribution >= 0.6 is 11.3 Å². The highest BCUT2D eigenvalue weighted by molar-refractivity contribution is 7.12. The van der Waals surface area contributed by atoms with Crippen molar-refractivity contribution in [1.29, 1.82) is 5.26 Å². The first kappa shape index (κ1) is 14.4. The van der Waals surface area contributed by atoms with E-state index in [1.807, 2.05) is 47.8 Å². The third kappa shape index (κ3) is 3.03. The van der Waals surface area contributed by atoms with Gasteiger partial charge in [0.2, 0.25) is 0 Å². The molecule has 0 aliphatic heterocycles. The van der Waals surface area contributed by atoms with E-state index in [-0.39, 0.29) is 0 Å². The fourth-order valence-electron chi connectivity index (χ4n) is 2.22. The average Bonchev–Trinajstić information content (AvgIpc) is 2.98. The molecule has 0 spiro atoms. The fraction of sp³-hybridized carbons (Fsp3) is 0.105. The molecule has 1 heterocycles. The Morgan fingerprint density at radius 2 is 1.77 bits per heavy atom. The molecule has 0 atom stereocenters. The van der Waals surface area contributed by atoms with Gasteiger partial charge in [0.05, 0.1) is 0 Å². The van der Waals surface area contributed by atoms with Crippen LogP contribution in [-0.2, 0) is 6.61 Å². The lowest BCUT2D eigenvalue weighted by Crippen LogP contribution is -1.95. The highest BCUT2D eigenvalue weighted by Crippen LogP contribution is 2.37. The molecule has 2 aromatic carbocycles. The molecule has 0 bridgehead atoms. The van der Waals surface area contributed by atoms with Crippen molar-refractivity contribution in [3.05, 3.63) is 76.7 Å². The van der Waals surface area contributed by atoms with E-state index in [0.29, 0.717) is 17.2 Å². The Morgan fingerprint density at radius 1 is 1.05 bits per heavy atom. The largest absolute Gasteiger partial charge is 0.478 e. The predicted molar refractivity (Wildman–Crippen MR) is 90.0 cm³/mol. The molecule has 1 aromatic heterocycles. The number of hydrogen-bond donors (Lipinski definition) is 0. The zero-order valence-corrected chi connectivity index (χ0v) is 13.1. The number of hydrogen-bond acceptors (Lipinski definition) is 3. The second kappa shape index (κ2) is 6.46. The summed E-state index contributed by atoms with van der Waals surface area (Å²) in [6, 6.07) is 20.4. The summed E-state index contributed by atoms with van der Waals surface area (Å²) in [5.41, 5.74) is 4.92. The van der Waals surface area contributed by atoms with Crippen LogP contribution in [0.1, 0.15) is 16.7 Å². The monoisotopic (exact) mass is 305 g/mol. The van der Waals surface area contributed by atoms with E-state index in [4.69, 9.17) is 4.74 Å². The summed E-state index contributed by atoms with van der Waals surface area (Å²) < 4.78 is 5.85. The smallest absolute Gasteiger partial charge is 0.192 e. The molecule has 0 unspecified atom stereocenters. The number of benzene rings is 2. The second-order valence-corrected chi connectivity index (χ2v) is 5.91. The Hall–Kier alpha value is -2.57. The van der Waals surface area contributed by atoms with Gasteiger partial charge in [-0.3, -0.25) is 0 Å². The minimum atomic E-state index is 0.476. The lowest BCUT2D eigenvalue weighted by molar-refractivity contribution is 0.315. The van der Waals surface area contributed by atoms with Crippen LogP contribution in [0.25, 0.3) is 11.1 Å². The van der Waals surface area contributed by atoms with Crippen molar-refractivity contribution in [2.75, 3.05) is 0 Å². The van der Waals surface area contributed by atoms with Crippen LogP contribution in [0.5, 0.6) is 5.06 Å². The molecular weight excluding hydrogens is 290 g/mol. The first-order valence-electron chi connectivity index (χ1n) is 7.03. The van der Waals surface area contributed by atoms with Gasteiger partial charge >= 0.3 is 0 Å². The fourth-order valence-corrected chi connectivity index (χ4v) is 3.09. The quantitative estimate of drug-likeness (QED) is 0.666. The molecule has 0 aliphatic rings. The molecule has 0 radical (unpaired) electrons. The van der Waals surface area contributed by atoms with Crippen LogP contribution < -0.4 is 4.74 Å². The normalized spacial score (nSPS) is 10.2. The molecule has 3 aromatic rings. The van der Waals surface area contributed by atoms with E-state index in [2.05, 4.69) is 25.1 Å². The van der Waals surface area contributed by atoms with Gasteiger partial charge in [-0.15, -0.1) is 11.3 Å². The van der Waals surface area contributed by atoms with Crippen molar-refractivity contribution >= 4 is 11.3 Å². The number of thiophene rings is 1. The first-order valence-corrected chi connectivity index (χ1v) is 7.91. The highest BCUT2D eigenvalue weighted by atomic mass is 32.1. The van der Waals surface area contributed by atoms with Crippen molar-refractivity contribution in [1.82, 2.24) is 0 Å². The Bertz CT molecular complexity index is 798. The van der Waals surface area contributed by atoms with Crippen molar-refractivity contribution in [3.63, 3.8) is 0 Å². The van der Waals surface area contributed by atoms with Gasteiger partial charge in [-0.2, -0.15) is 5.26 Å². The molecule has 0 saturated heterocycles. The summed E-state index contributed by atoms with van der Waals surface area (Å²) in [7, 11) is 0. The molecule has 0 saturated carbocycles.